The number of hydrogen-bond donors (Lipinski definition) is 0. The van der Waals surface area contributed by atoms with Crippen molar-refractivity contribution in [3.05, 3.63) is 95.3 Å². The van der Waals surface area contributed by atoms with Crippen molar-refractivity contribution in [2.45, 2.75) is 6.36 Å². The fraction of sp³-hybridized carbons (Fsp3) is 0.0476. The third-order valence-electron chi connectivity index (χ3n) is 3.65. The summed E-state index contributed by atoms with van der Waals surface area (Å²) in [7, 11) is 0. The normalized spacial score (nSPS) is 11.5. The van der Waals surface area contributed by atoms with Crippen LogP contribution in [0.2, 0.25) is 0 Å². The summed E-state index contributed by atoms with van der Waals surface area (Å²) in [4.78, 5) is 16.7. The molecular weight excluding hydrogens is 355 g/mol. The Kier molecular flexibility index (Phi) is 5.35. The van der Waals surface area contributed by atoms with E-state index in [4.69, 9.17) is 0 Å². The lowest BCUT2D eigenvalue weighted by Crippen LogP contribution is -2.19. The number of benzene rings is 2. The quantitative estimate of drug-likeness (QED) is 0.567. The highest BCUT2D eigenvalue weighted by molar-refractivity contribution is 6.10. The number of nitrogens with zero attached hydrogens (tertiary/aromatic N) is 1. The van der Waals surface area contributed by atoms with E-state index in [9.17, 15) is 18.0 Å². The van der Waals surface area contributed by atoms with Gasteiger partial charge in [0.25, 0.3) is 0 Å². The molecule has 2 aromatic carbocycles. The van der Waals surface area contributed by atoms with Gasteiger partial charge in [-0.1, -0.05) is 48.5 Å². The lowest BCUT2D eigenvalue weighted by molar-refractivity contribution is -0.274. The first-order chi connectivity index (χ1) is 12.9. The number of halogens is 3. The highest BCUT2D eigenvalue weighted by Crippen LogP contribution is 2.27. The van der Waals surface area contributed by atoms with Gasteiger partial charge in [-0.15, -0.1) is 13.2 Å². The van der Waals surface area contributed by atoms with Crippen molar-refractivity contribution >= 4 is 17.9 Å². The number of pyridine rings is 1. The van der Waals surface area contributed by atoms with Crippen LogP contribution in [0.4, 0.5) is 13.2 Å². The molecule has 27 heavy (non-hydrogen) atoms. The van der Waals surface area contributed by atoms with Crippen LogP contribution in [0.5, 0.6) is 5.75 Å². The maximum absolute atomic E-state index is 12.5. The lowest BCUT2D eigenvalue weighted by Gasteiger charge is -2.12. The molecular formula is C21H14F3NO2. The molecule has 0 spiro atoms. The molecule has 0 unspecified atom stereocenters. The van der Waals surface area contributed by atoms with Gasteiger partial charge >= 0.3 is 6.36 Å². The molecule has 3 aromatic rings. The summed E-state index contributed by atoms with van der Waals surface area (Å²) >= 11 is 0. The predicted molar refractivity (Wildman–Crippen MR) is 96.2 cm³/mol. The number of rotatable bonds is 5. The average molecular weight is 369 g/mol. The molecule has 0 aliphatic rings. The van der Waals surface area contributed by atoms with E-state index in [2.05, 4.69) is 9.72 Å². The number of ether oxygens (including phenoxy) is 1. The van der Waals surface area contributed by atoms with Crippen molar-refractivity contribution in [2.24, 2.45) is 0 Å². The zero-order valence-electron chi connectivity index (χ0n) is 14.0. The van der Waals surface area contributed by atoms with Crippen molar-refractivity contribution in [1.29, 1.82) is 0 Å². The monoisotopic (exact) mass is 369 g/mol. The second-order valence-electron chi connectivity index (χ2n) is 5.59. The highest BCUT2D eigenvalue weighted by Gasteiger charge is 2.32. The molecule has 3 nitrogen and oxygen atoms in total. The van der Waals surface area contributed by atoms with Crippen LogP contribution >= 0.6 is 0 Å². The minimum absolute atomic E-state index is 0.171. The Labute approximate surface area is 153 Å². The van der Waals surface area contributed by atoms with Crippen molar-refractivity contribution in [3.63, 3.8) is 0 Å². The van der Waals surface area contributed by atoms with Gasteiger partial charge in [0.1, 0.15) is 5.75 Å². The van der Waals surface area contributed by atoms with E-state index in [0.29, 0.717) is 5.69 Å². The fourth-order valence-electron chi connectivity index (χ4n) is 2.41. The Morgan fingerprint density at radius 3 is 2.26 bits per heavy atom. The van der Waals surface area contributed by atoms with Crippen LogP contribution < -0.4 is 4.74 Å². The summed E-state index contributed by atoms with van der Waals surface area (Å²) in [6.45, 7) is 0. The molecule has 0 amide bonds. The molecule has 0 saturated carbocycles. The standard InChI is InChI=1S/C21H14F3NO2/c22-21(23,24)27-19-9-5-4-8-18(19)20(26)16-11-13-17(25-14-16)12-10-15-6-2-1-3-7-15/h1-14H. The van der Waals surface area contributed by atoms with Gasteiger partial charge in [-0.2, -0.15) is 0 Å². The van der Waals surface area contributed by atoms with Gasteiger partial charge in [0.2, 0.25) is 0 Å². The topological polar surface area (TPSA) is 39.2 Å². The Morgan fingerprint density at radius 2 is 1.59 bits per heavy atom. The minimum Gasteiger partial charge on any atom is -0.405 e. The molecule has 0 N–H and O–H groups in total. The van der Waals surface area contributed by atoms with Crippen LogP contribution in [0.1, 0.15) is 27.2 Å². The number of alkyl halides is 3. The third-order valence-corrected chi connectivity index (χ3v) is 3.65. The maximum atomic E-state index is 12.5. The van der Waals surface area contributed by atoms with E-state index in [0.717, 1.165) is 11.6 Å². The third kappa shape index (κ3) is 5.04. The number of carbonyl (C=O) groups is 1. The molecule has 1 heterocycles. The van der Waals surface area contributed by atoms with Crippen molar-refractivity contribution < 1.29 is 22.7 Å². The lowest BCUT2D eigenvalue weighted by atomic mass is 10.0. The number of aromatic nitrogens is 1. The molecule has 0 bridgehead atoms. The molecule has 0 fully saturated rings. The summed E-state index contributed by atoms with van der Waals surface area (Å²) in [5.74, 6) is -1.14. The van der Waals surface area contributed by atoms with Crippen LogP contribution in [0, 0.1) is 0 Å². The summed E-state index contributed by atoms with van der Waals surface area (Å²) < 4.78 is 41.5. The molecule has 0 atom stereocenters. The molecule has 0 aliphatic carbocycles. The molecule has 0 radical (unpaired) electrons. The minimum atomic E-state index is -4.87. The SMILES string of the molecule is O=C(c1ccc(C=Cc2ccccc2)nc1)c1ccccc1OC(F)(F)F. The van der Waals surface area contributed by atoms with Crippen LogP contribution in [0.15, 0.2) is 72.9 Å². The van der Waals surface area contributed by atoms with E-state index in [1.165, 1.54) is 30.5 Å². The second-order valence-corrected chi connectivity index (χ2v) is 5.59. The highest BCUT2D eigenvalue weighted by atomic mass is 19.4. The smallest absolute Gasteiger partial charge is 0.405 e. The van der Waals surface area contributed by atoms with Crippen molar-refractivity contribution in [1.82, 2.24) is 4.98 Å². The maximum Gasteiger partial charge on any atom is 0.573 e. The molecule has 0 aliphatic heterocycles. The van der Waals surface area contributed by atoms with Gasteiger partial charge < -0.3 is 4.74 Å². The Bertz CT molecular complexity index is 949. The second kappa shape index (κ2) is 7.86. The Hall–Kier alpha value is -3.41. The van der Waals surface area contributed by atoms with Crippen LogP contribution in [0.3, 0.4) is 0 Å². The molecule has 0 saturated heterocycles. The summed E-state index contributed by atoms with van der Waals surface area (Å²) in [6, 6.07) is 18.0. The number of para-hydroxylation sites is 1. The fourth-order valence-corrected chi connectivity index (χ4v) is 2.41. The number of carbonyl (C=O) groups excluding carboxylic acids is 1. The summed E-state index contributed by atoms with van der Waals surface area (Å²) in [5.41, 5.74) is 1.61. The van der Waals surface area contributed by atoms with Gasteiger partial charge in [-0.25, -0.2) is 0 Å². The summed E-state index contributed by atoms with van der Waals surface area (Å²) in [5, 5.41) is 0. The van der Waals surface area contributed by atoms with E-state index in [1.807, 2.05) is 36.4 Å². The first-order valence-electron chi connectivity index (χ1n) is 8.01. The predicted octanol–water partition coefficient (Wildman–Crippen LogP) is 5.38. The van der Waals surface area contributed by atoms with Gasteiger partial charge in [0, 0.05) is 11.8 Å². The van der Waals surface area contributed by atoms with Gasteiger partial charge in [0.15, 0.2) is 5.78 Å². The molecule has 1 aromatic heterocycles. The van der Waals surface area contributed by atoms with E-state index in [-0.39, 0.29) is 11.1 Å². The average Bonchev–Trinajstić information content (AvgIpc) is 2.66. The largest absolute Gasteiger partial charge is 0.573 e. The van der Waals surface area contributed by atoms with E-state index >= 15 is 0 Å². The van der Waals surface area contributed by atoms with Crippen LogP contribution in [0.25, 0.3) is 12.2 Å². The first-order valence-corrected chi connectivity index (χ1v) is 8.01. The first kappa shape index (κ1) is 18.4. The number of ketones is 1. The Balaban J connectivity index is 1.80. The number of hydrogen-bond acceptors (Lipinski definition) is 3. The van der Waals surface area contributed by atoms with Gasteiger partial charge in [-0.05, 0) is 35.9 Å². The van der Waals surface area contributed by atoms with Crippen molar-refractivity contribution in [2.75, 3.05) is 0 Å². The van der Waals surface area contributed by atoms with E-state index in [1.54, 1.807) is 12.1 Å². The Morgan fingerprint density at radius 1 is 0.889 bits per heavy atom. The van der Waals surface area contributed by atoms with Gasteiger partial charge in [0.05, 0.1) is 11.3 Å². The summed E-state index contributed by atoms with van der Waals surface area (Å²) in [6.07, 6.45) is 0.110. The van der Waals surface area contributed by atoms with Crippen molar-refractivity contribution in [3.8, 4) is 5.75 Å². The zero-order chi connectivity index (χ0) is 19.3. The molecule has 6 heteroatoms. The van der Waals surface area contributed by atoms with Gasteiger partial charge in [-0.3, -0.25) is 9.78 Å². The zero-order valence-corrected chi connectivity index (χ0v) is 14.0. The molecule has 136 valence electrons. The van der Waals surface area contributed by atoms with Crippen LogP contribution in [-0.4, -0.2) is 17.1 Å². The molecule has 3 rings (SSSR count). The van der Waals surface area contributed by atoms with E-state index < -0.39 is 17.9 Å². The van der Waals surface area contributed by atoms with Crippen LogP contribution in [-0.2, 0) is 0 Å².